The summed E-state index contributed by atoms with van der Waals surface area (Å²) in [6.07, 6.45) is 4.78. The third-order valence-corrected chi connectivity index (χ3v) is 6.68. The summed E-state index contributed by atoms with van der Waals surface area (Å²) in [5.41, 5.74) is 1.15. The van der Waals surface area contributed by atoms with E-state index in [1.807, 2.05) is 23.1 Å². The molecule has 2 aliphatic rings. The highest BCUT2D eigenvalue weighted by Gasteiger charge is 2.33. The number of likely N-dealkylation sites (tertiary alicyclic amines) is 1. The highest BCUT2D eigenvalue weighted by atomic mass is 32.2. The lowest BCUT2D eigenvalue weighted by molar-refractivity contribution is -0.133. The molecule has 0 bridgehead atoms. The molecule has 0 unspecified atom stereocenters. The molecule has 2 aliphatic heterocycles. The quantitative estimate of drug-likeness (QED) is 0.850. The molecule has 0 spiro atoms. The number of nitrogens with zero attached hydrogens (tertiary/aromatic N) is 2. The average Bonchev–Trinajstić information content (AvgIpc) is 2.76. The molecule has 23 heavy (non-hydrogen) atoms. The van der Waals surface area contributed by atoms with Gasteiger partial charge in [-0.25, -0.2) is 8.42 Å². The number of carbonyl (C=O) groups excluding carboxylic acids is 1. The van der Waals surface area contributed by atoms with E-state index in [4.69, 9.17) is 0 Å². The lowest BCUT2D eigenvalue weighted by Gasteiger charge is -2.31. The van der Waals surface area contributed by atoms with E-state index in [0.717, 1.165) is 31.2 Å². The van der Waals surface area contributed by atoms with Crippen LogP contribution in [0.25, 0.3) is 0 Å². The van der Waals surface area contributed by atoms with Crippen LogP contribution >= 0.6 is 0 Å². The monoisotopic (exact) mass is 336 g/mol. The van der Waals surface area contributed by atoms with Crippen LogP contribution in [0.4, 0.5) is 0 Å². The molecule has 2 heterocycles. The van der Waals surface area contributed by atoms with E-state index in [1.54, 1.807) is 0 Å². The molecule has 2 fully saturated rings. The molecule has 1 aromatic carbocycles. The normalized spacial score (nSPS) is 25.2. The Labute approximate surface area is 138 Å². The minimum absolute atomic E-state index is 0.00827. The molecule has 1 aromatic rings. The lowest BCUT2D eigenvalue weighted by atomic mass is 10.0. The van der Waals surface area contributed by atoms with Crippen molar-refractivity contribution in [2.75, 3.05) is 25.4 Å². The van der Waals surface area contributed by atoms with Crippen molar-refractivity contribution < 1.29 is 13.2 Å². The Hall–Kier alpha value is -1.40. The van der Waals surface area contributed by atoms with E-state index in [0.29, 0.717) is 19.5 Å². The van der Waals surface area contributed by atoms with Crippen LogP contribution in [-0.2, 0) is 14.8 Å². The Morgan fingerprint density at radius 1 is 1.04 bits per heavy atom. The summed E-state index contributed by atoms with van der Waals surface area (Å²) in [5, 5.41) is 0. The topological polar surface area (TPSA) is 57.7 Å². The molecule has 0 N–H and O–H groups in total. The van der Waals surface area contributed by atoms with Crippen molar-refractivity contribution in [2.45, 2.75) is 38.1 Å². The molecule has 1 atom stereocenters. The molecule has 0 aromatic heterocycles. The van der Waals surface area contributed by atoms with Crippen LogP contribution in [0.3, 0.4) is 0 Å². The second-order valence-electron chi connectivity index (χ2n) is 6.37. The highest BCUT2D eigenvalue weighted by Crippen LogP contribution is 2.30. The molecule has 2 saturated heterocycles. The molecular formula is C17H24N2O3S. The first-order valence-corrected chi connectivity index (χ1v) is 10.0. The van der Waals surface area contributed by atoms with Gasteiger partial charge in [-0.05, 0) is 24.8 Å². The van der Waals surface area contributed by atoms with Crippen LogP contribution in [0, 0.1) is 0 Å². The molecule has 126 valence electrons. The van der Waals surface area contributed by atoms with Gasteiger partial charge in [0.25, 0.3) is 0 Å². The van der Waals surface area contributed by atoms with Crippen molar-refractivity contribution in [1.29, 1.82) is 0 Å². The molecule has 3 rings (SSSR count). The van der Waals surface area contributed by atoms with Gasteiger partial charge in [0, 0.05) is 13.1 Å². The molecule has 5 nitrogen and oxygen atoms in total. The summed E-state index contributed by atoms with van der Waals surface area (Å²) in [7, 11) is -3.23. The van der Waals surface area contributed by atoms with Crippen molar-refractivity contribution in [3.63, 3.8) is 0 Å². The minimum Gasteiger partial charge on any atom is -0.335 e. The summed E-state index contributed by atoms with van der Waals surface area (Å²) in [6.45, 7) is 1.18. The van der Waals surface area contributed by atoms with E-state index < -0.39 is 10.0 Å². The van der Waals surface area contributed by atoms with Gasteiger partial charge in [-0.15, -0.1) is 0 Å². The number of carbonyl (C=O) groups is 1. The van der Waals surface area contributed by atoms with Gasteiger partial charge < -0.3 is 4.90 Å². The van der Waals surface area contributed by atoms with Crippen LogP contribution < -0.4 is 0 Å². The van der Waals surface area contributed by atoms with Crippen molar-refractivity contribution in [2.24, 2.45) is 0 Å². The van der Waals surface area contributed by atoms with Gasteiger partial charge in [0.2, 0.25) is 15.9 Å². The van der Waals surface area contributed by atoms with Crippen molar-refractivity contribution >= 4 is 15.9 Å². The van der Waals surface area contributed by atoms with E-state index >= 15 is 0 Å². The Balaban J connectivity index is 1.78. The van der Waals surface area contributed by atoms with Crippen LogP contribution in [0.5, 0.6) is 0 Å². The number of amides is 1. The number of sulfonamides is 1. The fourth-order valence-electron chi connectivity index (χ4n) is 3.54. The van der Waals surface area contributed by atoms with Crippen LogP contribution in [0.15, 0.2) is 30.3 Å². The van der Waals surface area contributed by atoms with E-state index in [1.165, 1.54) is 4.31 Å². The predicted octanol–water partition coefficient (Wildman–Crippen LogP) is 2.17. The van der Waals surface area contributed by atoms with Crippen molar-refractivity contribution in [3.05, 3.63) is 35.9 Å². The molecule has 6 heteroatoms. The number of hydrogen-bond donors (Lipinski definition) is 0. The zero-order valence-corrected chi connectivity index (χ0v) is 14.2. The Kier molecular flexibility index (Phi) is 5.02. The maximum atomic E-state index is 12.8. The highest BCUT2D eigenvalue weighted by molar-refractivity contribution is 7.89. The Morgan fingerprint density at radius 2 is 1.83 bits per heavy atom. The maximum absolute atomic E-state index is 12.8. The smallest absolute Gasteiger partial charge is 0.238 e. The van der Waals surface area contributed by atoms with E-state index in [2.05, 4.69) is 12.1 Å². The first-order chi connectivity index (χ1) is 11.1. The third-order valence-electron chi connectivity index (χ3n) is 4.77. The fourth-order valence-corrected chi connectivity index (χ4v) is 5.01. The van der Waals surface area contributed by atoms with Gasteiger partial charge in [-0.3, -0.25) is 4.79 Å². The van der Waals surface area contributed by atoms with Crippen molar-refractivity contribution in [3.8, 4) is 0 Å². The van der Waals surface area contributed by atoms with E-state index in [-0.39, 0.29) is 24.2 Å². The second kappa shape index (κ2) is 7.01. The number of benzene rings is 1. The fraction of sp³-hybridized carbons (Fsp3) is 0.588. The van der Waals surface area contributed by atoms with Gasteiger partial charge >= 0.3 is 0 Å². The van der Waals surface area contributed by atoms with Crippen LogP contribution in [-0.4, -0.2) is 48.9 Å². The number of hydrogen-bond acceptors (Lipinski definition) is 3. The standard InChI is InChI=1S/C17H24N2O3S/c20-17(14-18-11-7-13-23(18,21)22)19-12-6-2-5-10-16(19)15-8-3-1-4-9-15/h1,3-4,8-9,16H,2,5-7,10-14H2/t16-/m0/s1. The third kappa shape index (κ3) is 3.75. The van der Waals surface area contributed by atoms with Gasteiger partial charge in [0.05, 0.1) is 18.3 Å². The zero-order valence-electron chi connectivity index (χ0n) is 13.4. The molecule has 1 amide bonds. The predicted molar refractivity (Wildman–Crippen MR) is 89.3 cm³/mol. The maximum Gasteiger partial charge on any atom is 0.238 e. The van der Waals surface area contributed by atoms with Crippen LogP contribution in [0.2, 0.25) is 0 Å². The SMILES string of the molecule is O=C(CN1CCCS1(=O)=O)N1CCCCC[C@H]1c1ccccc1. The lowest BCUT2D eigenvalue weighted by Crippen LogP contribution is -2.42. The van der Waals surface area contributed by atoms with Gasteiger partial charge in [0.15, 0.2) is 0 Å². The van der Waals surface area contributed by atoms with Crippen molar-refractivity contribution in [1.82, 2.24) is 9.21 Å². The number of rotatable bonds is 3. The summed E-state index contributed by atoms with van der Waals surface area (Å²) in [4.78, 5) is 14.7. The average molecular weight is 336 g/mol. The summed E-state index contributed by atoms with van der Waals surface area (Å²) < 4.78 is 25.3. The van der Waals surface area contributed by atoms with Crippen LogP contribution in [0.1, 0.15) is 43.7 Å². The largest absolute Gasteiger partial charge is 0.335 e. The summed E-state index contributed by atoms with van der Waals surface area (Å²) in [6, 6.07) is 10.1. The zero-order chi connectivity index (χ0) is 16.3. The molecule has 0 radical (unpaired) electrons. The molecule has 0 saturated carbocycles. The van der Waals surface area contributed by atoms with Gasteiger partial charge in [0.1, 0.15) is 0 Å². The molecular weight excluding hydrogens is 312 g/mol. The Bertz CT molecular complexity index is 645. The summed E-state index contributed by atoms with van der Waals surface area (Å²) in [5.74, 6) is 0.105. The Morgan fingerprint density at radius 3 is 2.52 bits per heavy atom. The second-order valence-corrected chi connectivity index (χ2v) is 8.45. The minimum atomic E-state index is -3.23. The van der Waals surface area contributed by atoms with Gasteiger partial charge in [-0.2, -0.15) is 4.31 Å². The summed E-state index contributed by atoms with van der Waals surface area (Å²) >= 11 is 0. The van der Waals surface area contributed by atoms with E-state index in [9.17, 15) is 13.2 Å². The van der Waals surface area contributed by atoms with Gasteiger partial charge in [-0.1, -0.05) is 43.2 Å². The first kappa shape index (κ1) is 16.5. The molecule has 0 aliphatic carbocycles. The first-order valence-electron chi connectivity index (χ1n) is 8.40.